The average Bonchev–Trinajstić information content (AvgIpc) is 2.90. The number of nitrogens with zero attached hydrogens (tertiary/aromatic N) is 1. The molecule has 1 N–H and O–H groups in total. The van der Waals surface area contributed by atoms with Crippen LogP contribution in [0.25, 0.3) is 10.8 Å². The molecular formula is C20H17ClN2O3S. The van der Waals surface area contributed by atoms with E-state index in [1.165, 1.54) is 0 Å². The molecule has 5 nitrogen and oxygen atoms in total. The Bertz CT molecular complexity index is 1160. The highest BCUT2D eigenvalue weighted by Gasteiger charge is 2.29. The minimum atomic E-state index is -3.71. The number of carbonyl (C=O) groups excluding carboxylic acids is 1. The van der Waals surface area contributed by atoms with E-state index >= 15 is 0 Å². The third-order valence-electron chi connectivity index (χ3n) is 4.78. The highest BCUT2D eigenvalue weighted by molar-refractivity contribution is 7.89. The summed E-state index contributed by atoms with van der Waals surface area (Å²) in [6, 6.07) is 15.7. The molecule has 0 saturated carbocycles. The van der Waals surface area contributed by atoms with Crippen molar-refractivity contribution < 1.29 is 13.2 Å². The summed E-state index contributed by atoms with van der Waals surface area (Å²) in [4.78, 5) is 14.1. The van der Waals surface area contributed by atoms with Gasteiger partial charge in [0.25, 0.3) is 5.91 Å². The van der Waals surface area contributed by atoms with E-state index in [2.05, 4.69) is 4.72 Å². The van der Waals surface area contributed by atoms with Crippen LogP contribution in [-0.4, -0.2) is 27.9 Å². The third kappa shape index (κ3) is 3.10. The van der Waals surface area contributed by atoms with Crippen LogP contribution in [-0.2, 0) is 16.4 Å². The summed E-state index contributed by atoms with van der Waals surface area (Å²) in [6.07, 6.45) is 0.554. The molecule has 1 aliphatic rings. The van der Waals surface area contributed by atoms with Crippen molar-refractivity contribution >= 4 is 44.0 Å². The maximum atomic E-state index is 12.9. The molecule has 0 radical (unpaired) electrons. The SMILES string of the molecule is CN1C(=O)c2cccc3c(S(=O)(=O)NCCc4ccc(Cl)cc4)ccc1c23. The molecule has 0 aliphatic carbocycles. The van der Waals surface area contributed by atoms with E-state index in [1.54, 1.807) is 54.4 Å². The topological polar surface area (TPSA) is 66.5 Å². The van der Waals surface area contributed by atoms with E-state index in [-0.39, 0.29) is 17.3 Å². The summed E-state index contributed by atoms with van der Waals surface area (Å²) >= 11 is 5.87. The quantitative estimate of drug-likeness (QED) is 0.711. The second-order valence-corrected chi connectivity index (χ2v) is 8.62. The van der Waals surface area contributed by atoms with Crippen LogP contribution < -0.4 is 9.62 Å². The molecule has 0 unspecified atom stereocenters. The Morgan fingerprint density at radius 2 is 1.78 bits per heavy atom. The third-order valence-corrected chi connectivity index (χ3v) is 6.55. The summed E-state index contributed by atoms with van der Waals surface area (Å²) in [6.45, 7) is 0.270. The van der Waals surface area contributed by atoms with Gasteiger partial charge in [-0.15, -0.1) is 0 Å². The molecule has 7 heteroatoms. The molecule has 0 spiro atoms. The highest BCUT2D eigenvalue weighted by Crippen LogP contribution is 2.39. The summed E-state index contributed by atoms with van der Waals surface area (Å²) < 4.78 is 28.4. The number of halogens is 1. The van der Waals surface area contributed by atoms with Gasteiger partial charge < -0.3 is 4.90 Å². The molecule has 0 aromatic heterocycles. The monoisotopic (exact) mass is 400 g/mol. The minimum Gasteiger partial charge on any atom is -0.311 e. The van der Waals surface area contributed by atoms with Gasteiger partial charge in [-0.05, 0) is 42.3 Å². The molecule has 138 valence electrons. The number of benzene rings is 3. The van der Waals surface area contributed by atoms with Gasteiger partial charge in [0.15, 0.2) is 0 Å². The molecule has 4 rings (SSSR count). The zero-order chi connectivity index (χ0) is 19.2. The van der Waals surface area contributed by atoms with E-state index in [0.29, 0.717) is 27.8 Å². The van der Waals surface area contributed by atoms with Crippen LogP contribution >= 0.6 is 11.6 Å². The Labute approximate surface area is 162 Å². The van der Waals surface area contributed by atoms with Gasteiger partial charge in [0.1, 0.15) is 0 Å². The van der Waals surface area contributed by atoms with Crippen molar-refractivity contribution in [3.8, 4) is 0 Å². The van der Waals surface area contributed by atoms with Crippen LogP contribution in [0.3, 0.4) is 0 Å². The molecular weight excluding hydrogens is 384 g/mol. The average molecular weight is 401 g/mol. The van der Waals surface area contributed by atoms with Crippen molar-refractivity contribution in [2.24, 2.45) is 0 Å². The summed E-state index contributed by atoms with van der Waals surface area (Å²) in [5, 5.41) is 1.89. The van der Waals surface area contributed by atoms with Gasteiger partial charge in [-0.3, -0.25) is 4.79 Å². The Morgan fingerprint density at radius 3 is 2.52 bits per heavy atom. The van der Waals surface area contributed by atoms with Gasteiger partial charge in [0.2, 0.25) is 10.0 Å². The van der Waals surface area contributed by atoms with Crippen LogP contribution in [0.1, 0.15) is 15.9 Å². The molecule has 3 aromatic rings. The fourth-order valence-corrected chi connectivity index (χ4v) is 4.76. The largest absolute Gasteiger partial charge is 0.311 e. The van der Waals surface area contributed by atoms with Gasteiger partial charge in [-0.2, -0.15) is 0 Å². The van der Waals surface area contributed by atoms with Gasteiger partial charge in [-0.25, -0.2) is 13.1 Å². The Morgan fingerprint density at radius 1 is 1.04 bits per heavy atom. The molecule has 1 heterocycles. The van der Waals surface area contributed by atoms with Crippen LogP contribution in [0, 0.1) is 0 Å². The zero-order valence-corrected chi connectivity index (χ0v) is 16.1. The number of nitrogens with one attached hydrogen (secondary N) is 1. The lowest BCUT2D eigenvalue weighted by atomic mass is 10.1. The smallest absolute Gasteiger partial charge is 0.258 e. The van der Waals surface area contributed by atoms with Crippen molar-refractivity contribution in [3.05, 3.63) is 70.7 Å². The van der Waals surface area contributed by atoms with Crippen molar-refractivity contribution in [1.29, 1.82) is 0 Å². The normalized spacial score (nSPS) is 13.6. The molecule has 3 aromatic carbocycles. The van der Waals surface area contributed by atoms with Gasteiger partial charge >= 0.3 is 0 Å². The molecule has 1 amide bonds. The number of hydrogen-bond acceptors (Lipinski definition) is 3. The van der Waals surface area contributed by atoms with Crippen LogP contribution in [0.4, 0.5) is 5.69 Å². The molecule has 0 fully saturated rings. The molecule has 0 saturated heterocycles. The van der Waals surface area contributed by atoms with E-state index in [0.717, 1.165) is 11.3 Å². The van der Waals surface area contributed by atoms with Gasteiger partial charge in [0.05, 0.1) is 10.6 Å². The maximum Gasteiger partial charge on any atom is 0.258 e. The Balaban J connectivity index is 1.64. The number of anilines is 1. The standard InChI is InChI=1S/C20H17ClN2O3S/c1-23-17-9-10-18(15-3-2-4-16(19(15)17)20(23)24)27(25,26)22-12-11-13-5-7-14(21)8-6-13/h2-10,22H,11-12H2,1H3. The van der Waals surface area contributed by atoms with Gasteiger partial charge in [0, 0.05) is 35.0 Å². The molecule has 0 bridgehead atoms. The van der Waals surface area contributed by atoms with Crippen molar-refractivity contribution in [2.75, 3.05) is 18.5 Å². The predicted octanol–water partition coefficient (Wildman–Crippen LogP) is 3.60. The highest BCUT2D eigenvalue weighted by atomic mass is 35.5. The molecule has 1 aliphatic heterocycles. The van der Waals surface area contributed by atoms with Gasteiger partial charge in [-0.1, -0.05) is 35.9 Å². The van der Waals surface area contributed by atoms with E-state index in [4.69, 9.17) is 11.6 Å². The molecule has 27 heavy (non-hydrogen) atoms. The first-order valence-electron chi connectivity index (χ1n) is 8.46. The first kappa shape index (κ1) is 18.0. The van der Waals surface area contributed by atoms with E-state index in [9.17, 15) is 13.2 Å². The maximum absolute atomic E-state index is 12.9. The Kier molecular flexibility index (Phi) is 4.42. The predicted molar refractivity (Wildman–Crippen MR) is 107 cm³/mol. The van der Waals surface area contributed by atoms with E-state index < -0.39 is 10.0 Å². The number of rotatable bonds is 5. The summed E-state index contributed by atoms with van der Waals surface area (Å²) in [7, 11) is -2.02. The van der Waals surface area contributed by atoms with Crippen molar-refractivity contribution in [1.82, 2.24) is 4.72 Å². The number of hydrogen-bond donors (Lipinski definition) is 1. The second kappa shape index (κ2) is 6.64. The number of carbonyl (C=O) groups is 1. The first-order chi connectivity index (χ1) is 12.9. The number of sulfonamides is 1. The lowest BCUT2D eigenvalue weighted by Gasteiger charge is -2.13. The molecule has 0 atom stereocenters. The first-order valence-corrected chi connectivity index (χ1v) is 10.3. The second-order valence-electron chi connectivity index (χ2n) is 6.45. The fourth-order valence-electron chi connectivity index (χ4n) is 3.40. The lowest BCUT2D eigenvalue weighted by molar-refractivity contribution is 0.0999. The minimum absolute atomic E-state index is 0.124. The van der Waals surface area contributed by atoms with E-state index in [1.807, 2.05) is 12.1 Å². The Hall–Kier alpha value is -2.41. The zero-order valence-electron chi connectivity index (χ0n) is 14.6. The summed E-state index contributed by atoms with van der Waals surface area (Å²) in [5.41, 5.74) is 2.25. The van der Waals surface area contributed by atoms with Crippen LogP contribution in [0.5, 0.6) is 0 Å². The van der Waals surface area contributed by atoms with Crippen molar-refractivity contribution in [3.63, 3.8) is 0 Å². The van der Waals surface area contributed by atoms with Crippen LogP contribution in [0.2, 0.25) is 5.02 Å². The fraction of sp³-hybridized carbons (Fsp3) is 0.150. The summed E-state index contributed by atoms with van der Waals surface area (Å²) in [5.74, 6) is -0.124. The lowest BCUT2D eigenvalue weighted by Crippen LogP contribution is -2.26. The van der Waals surface area contributed by atoms with Crippen molar-refractivity contribution in [2.45, 2.75) is 11.3 Å². The number of amides is 1. The van der Waals surface area contributed by atoms with Crippen LogP contribution in [0.15, 0.2) is 59.5 Å².